The molecular weight excluding hydrogens is 368 g/mol. The van der Waals surface area contributed by atoms with Crippen molar-refractivity contribution in [2.75, 3.05) is 13.7 Å². The van der Waals surface area contributed by atoms with Crippen LogP contribution in [0.15, 0.2) is 29.2 Å². The second-order valence-electron chi connectivity index (χ2n) is 7.62. The van der Waals surface area contributed by atoms with Crippen molar-refractivity contribution in [3.63, 3.8) is 0 Å². The Morgan fingerprint density at radius 3 is 2.97 bits per heavy atom. The van der Waals surface area contributed by atoms with Crippen molar-refractivity contribution in [3.8, 4) is 5.75 Å². The molecule has 1 aromatic carbocycles. The predicted octanol–water partition coefficient (Wildman–Crippen LogP) is 2.42. The minimum atomic E-state index is -0.0908. The Morgan fingerprint density at radius 2 is 2.14 bits per heavy atom. The molecule has 152 valence electrons. The van der Waals surface area contributed by atoms with Crippen molar-refractivity contribution in [1.29, 1.82) is 0 Å². The average Bonchev–Trinajstić information content (AvgIpc) is 2.97. The minimum absolute atomic E-state index is 0.0587. The maximum Gasteiger partial charge on any atom is 0.254 e. The van der Waals surface area contributed by atoms with E-state index in [1.54, 1.807) is 14.0 Å². The third kappa shape index (κ3) is 4.04. The summed E-state index contributed by atoms with van der Waals surface area (Å²) in [7, 11) is 1.66. The molecule has 2 heterocycles. The van der Waals surface area contributed by atoms with E-state index in [9.17, 15) is 9.59 Å². The van der Waals surface area contributed by atoms with Crippen LogP contribution in [0.4, 0.5) is 0 Å². The number of aromatic amines is 2. The molecule has 3 N–H and O–H groups in total. The summed E-state index contributed by atoms with van der Waals surface area (Å²) in [6.45, 7) is 2.36. The number of hydrogen-bond donors (Lipinski definition) is 3. The number of hydrogen-bond acceptors (Lipinski definition) is 4. The number of aromatic nitrogens is 3. The third-order valence-corrected chi connectivity index (χ3v) is 5.73. The van der Waals surface area contributed by atoms with Crippen LogP contribution in [0, 0.1) is 12.8 Å². The number of aryl methyl sites for hydroxylation is 2. The van der Waals surface area contributed by atoms with Gasteiger partial charge in [-0.3, -0.25) is 9.59 Å². The van der Waals surface area contributed by atoms with Gasteiger partial charge in [-0.15, -0.1) is 0 Å². The number of amides is 1. The van der Waals surface area contributed by atoms with E-state index in [2.05, 4.69) is 20.3 Å². The summed E-state index contributed by atoms with van der Waals surface area (Å²) in [4.78, 5) is 35.4. The van der Waals surface area contributed by atoms with Gasteiger partial charge in [0.05, 0.1) is 12.8 Å². The number of carbonyl (C=O) groups excluding carboxylic acids is 1. The van der Waals surface area contributed by atoms with Crippen LogP contribution in [0.25, 0.3) is 10.9 Å². The van der Waals surface area contributed by atoms with Crippen LogP contribution in [-0.2, 0) is 24.1 Å². The standard InChI is InChI=1S/C22H26N4O3/c1-13-25-20-7-4-14(3-6-17(20)22(28)26-13)21(27)23-10-9-15-12-24-19-8-5-16(29-2)11-18(15)19/h5,8,11-12,14,24H,3-4,6-7,9-10H2,1-2H3,(H,23,27)(H,25,26,28). The fourth-order valence-corrected chi connectivity index (χ4v) is 4.13. The average molecular weight is 394 g/mol. The second kappa shape index (κ2) is 8.11. The van der Waals surface area contributed by atoms with Gasteiger partial charge in [-0.1, -0.05) is 0 Å². The van der Waals surface area contributed by atoms with Gasteiger partial charge < -0.3 is 20.0 Å². The summed E-state index contributed by atoms with van der Waals surface area (Å²) in [6.07, 6.45) is 5.39. The molecular formula is C22H26N4O3. The zero-order chi connectivity index (χ0) is 20.4. The van der Waals surface area contributed by atoms with E-state index >= 15 is 0 Å². The van der Waals surface area contributed by atoms with Crippen LogP contribution >= 0.6 is 0 Å². The molecule has 0 fully saturated rings. The number of nitrogens with one attached hydrogen (secondary N) is 3. The zero-order valence-electron chi connectivity index (χ0n) is 16.8. The SMILES string of the molecule is COc1ccc2[nH]cc(CCNC(=O)C3CCc4nc(C)[nH]c(=O)c4CC3)c2c1. The van der Waals surface area contributed by atoms with E-state index in [0.29, 0.717) is 31.6 Å². The quantitative estimate of drug-likeness (QED) is 0.579. The fourth-order valence-electron chi connectivity index (χ4n) is 4.13. The normalized spacial score (nSPS) is 16.3. The van der Waals surface area contributed by atoms with Crippen molar-refractivity contribution in [3.05, 3.63) is 57.4 Å². The van der Waals surface area contributed by atoms with Gasteiger partial charge >= 0.3 is 0 Å². The lowest BCUT2D eigenvalue weighted by Gasteiger charge is -2.14. The molecule has 0 saturated carbocycles. The van der Waals surface area contributed by atoms with Crippen molar-refractivity contribution < 1.29 is 9.53 Å². The first-order valence-electron chi connectivity index (χ1n) is 10.1. The van der Waals surface area contributed by atoms with Crippen LogP contribution in [0.1, 0.15) is 35.5 Å². The summed E-state index contributed by atoms with van der Waals surface area (Å²) in [6, 6.07) is 5.94. The second-order valence-corrected chi connectivity index (χ2v) is 7.62. The van der Waals surface area contributed by atoms with Gasteiger partial charge in [-0.2, -0.15) is 0 Å². The van der Waals surface area contributed by atoms with Crippen LogP contribution in [0.5, 0.6) is 5.75 Å². The molecule has 0 saturated heterocycles. The minimum Gasteiger partial charge on any atom is -0.497 e. The Morgan fingerprint density at radius 1 is 1.31 bits per heavy atom. The first kappa shape index (κ1) is 19.2. The van der Waals surface area contributed by atoms with Gasteiger partial charge in [0.1, 0.15) is 11.6 Å². The number of fused-ring (bicyclic) bond motifs is 2. The highest BCUT2D eigenvalue weighted by atomic mass is 16.5. The van der Waals surface area contributed by atoms with E-state index in [1.165, 1.54) is 0 Å². The highest BCUT2D eigenvalue weighted by molar-refractivity contribution is 5.85. The molecule has 2 aromatic heterocycles. The Balaban J connectivity index is 1.36. The first-order valence-corrected chi connectivity index (χ1v) is 10.1. The number of methoxy groups -OCH3 is 1. The fraction of sp³-hybridized carbons (Fsp3) is 0.409. The number of H-pyrrole nitrogens is 2. The van der Waals surface area contributed by atoms with E-state index in [-0.39, 0.29) is 17.4 Å². The molecule has 1 atom stereocenters. The number of ether oxygens (including phenoxy) is 1. The van der Waals surface area contributed by atoms with Gasteiger partial charge in [-0.05, 0) is 62.8 Å². The van der Waals surface area contributed by atoms with Crippen molar-refractivity contribution in [2.24, 2.45) is 5.92 Å². The van der Waals surface area contributed by atoms with Crippen LogP contribution in [-0.4, -0.2) is 34.5 Å². The van der Waals surface area contributed by atoms with Gasteiger partial charge in [0, 0.05) is 35.1 Å². The molecule has 0 aliphatic heterocycles. The Hall–Kier alpha value is -3.09. The molecule has 29 heavy (non-hydrogen) atoms. The monoisotopic (exact) mass is 394 g/mol. The Bertz CT molecular complexity index is 1100. The summed E-state index contributed by atoms with van der Waals surface area (Å²) in [5.74, 6) is 1.42. The van der Waals surface area contributed by atoms with Crippen molar-refractivity contribution in [2.45, 2.75) is 39.0 Å². The van der Waals surface area contributed by atoms with E-state index in [0.717, 1.165) is 46.3 Å². The maximum atomic E-state index is 12.7. The summed E-state index contributed by atoms with van der Waals surface area (Å²) in [5.41, 5.74) is 3.72. The topological polar surface area (TPSA) is 99.9 Å². The van der Waals surface area contributed by atoms with Crippen LogP contribution in [0.2, 0.25) is 0 Å². The lowest BCUT2D eigenvalue weighted by molar-refractivity contribution is -0.125. The maximum absolute atomic E-state index is 12.7. The smallest absolute Gasteiger partial charge is 0.254 e. The highest BCUT2D eigenvalue weighted by Crippen LogP contribution is 2.24. The van der Waals surface area contributed by atoms with E-state index in [1.807, 2.05) is 24.4 Å². The van der Waals surface area contributed by atoms with Gasteiger partial charge in [0.2, 0.25) is 5.91 Å². The molecule has 1 amide bonds. The summed E-state index contributed by atoms with van der Waals surface area (Å²) < 4.78 is 5.31. The third-order valence-electron chi connectivity index (χ3n) is 5.73. The predicted molar refractivity (Wildman–Crippen MR) is 111 cm³/mol. The van der Waals surface area contributed by atoms with Crippen LogP contribution in [0.3, 0.4) is 0 Å². The largest absolute Gasteiger partial charge is 0.497 e. The van der Waals surface area contributed by atoms with E-state index in [4.69, 9.17) is 4.74 Å². The molecule has 0 radical (unpaired) electrons. The highest BCUT2D eigenvalue weighted by Gasteiger charge is 2.24. The van der Waals surface area contributed by atoms with E-state index < -0.39 is 0 Å². The Kier molecular flexibility index (Phi) is 5.38. The van der Waals surface area contributed by atoms with Crippen LogP contribution < -0.4 is 15.6 Å². The summed E-state index contributed by atoms with van der Waals surface area (Å²) >= 11 is 0. The van der Waals surface area contributed by atoms with Gasteiger partial charge in [0.25, 0.3) is 5.56 Å². The zero-order valence-corrected chi connectivity index (χ0v) is 16.8. The van der Waals surface area contributed by atoms with Gasteiger partial charge in [0.15, 0.2) is 0 Å². The van der Waals surface area contributed by atoms with Crippen molar-refractivity contribution in [1.82, 2.24) is 20.3 Å². The number of nitrogens with zero attached hydrogens (tertiary/aromatic N) is 1. The first-order chi connectivity index (χ1) is 14.0. The summed E-state index contributed by atoms with van der Waals surface area (Å²) in [5, 5.41) is 4.19. The molecule has 3 aromatic rings. The molecule has 1 aliphatic rings. The number of rotatable bonds is 5. The lowest BCUT2D eigenvalue weighted by Crippen LogP contribution is -2.32. The molecule has 7 heteroatoms. The van der Waals surface area contributed by atoms with Gasteiger partial charge in [-0.25, -0.2) is 4.98 Å². The number of benzene rings is 1. The van der Waals surface area contributed by atoms with Crippen molar-refractivity contribution >= 4 is 16.8 Å². The lowest BCUT2D eigenvalue weighted by atomic mass is 9.98. The molecule has 1 unspecified atom stereocenters. The molecule has 0 spiro atoms. The molecule has 7 nitrogen and oxygen atoms in total. The molecule has 0 bridgehead atoms. The molecule has 1 aliphatic carbocycles. The number of carbonyl (C=O) groups is 1. The Labute approximate surface area is 168 Å². The molecule has 4 rings (SSSR count).